The molecule has 0 aromatic heterocycles. The van der Waals surface area contributed by atoms with E-state index in [2.05, 4.69) is 18.7 Å². The average Bonchev–Trinajstić information content (AvgIpc) is 3.09. The van der Waals surface area contributed by atoms with E-state index in [0.717, 1.165) is 32.2 Å². The molecule has 3 nitrogen and oxygen atoms in total. The number of alkyl halides is 1. The summed E-state index contributed by atoms with van der Waals surface area (Å²) in [5, 5.41) is 0.169. The van der Waals surface area contributed by atoms with Gasteiger partial charge >= 0.3 is 0 Å². The van der Waals surface area contributed by atoms with Crippen LogP contribution in [0.3, 0.4) is 0 Å². The zero-order valence-corrected chi connectivity index (χ0v) is 14.1. The molecule has 1 heterocycles. The SMILES string of the molecule is CC(C)C1CCC(Cl)CC1C(=O)N1CC2(CC2)C[C@H]1CN. The van der Waals surface area contributed by atoms with Crippen molar-refractivity contribution < 1.29 is 4.79 Å². The summed E-state index contributed by atoms with van der Waals surface area (Å²) in [7, 11) is 0. The Morgan fingerprint density at radius 2 is 2.10 bits per heavy atom. The second-order valence-electron chi connectivity index (χ2n) is 7.98. The molecule has 2 saturated carbocycles. The lowest BCUT2D eigenvalue weighted by Gasteiger charge is -2.38. The highest BCUT2D eigenvalue weighted by atomic mass is 35.5. The predicted octanol–water partition coefficient (Wildman–Crippen LogP) is 3.01. The number of halogens is 1. The lowest BCUT2D eigenvalue weighted by atomic mass is 9.72. The topological polar surface area (TPSA) is 46.3 Å². The van der Waals surface area contributed by atoms with Gasteiger partial charge in [0.25, 0.3) is 0 Å². The van der Waals surface area contributed by atoms with Crippen molar-refractivity contribution in [3.05, 3.63) is 0 Å². The van der Waals surface area contributed by atoms with Gasteiger partial charge in [-0.05, 0) is 55.8 Å². The van der Waals surface area contributed by atoms with Crippen LogP contribution in [0, 0.1) is 23.2 Å². The molecule has 21 heavy (non-hydrogen) atoms. The van der Waals surface area contributed by atoms with Gasteiger partial charge in [-0.25, -0.2) is 0 Å². The van der Waals surface area contributed by atoms with Crippen LogP contribution in [0.1, 0.15) is 52.4 Å². The van der Waals surface area contributed by atoms with Crippen LogP contribution in [0.5, 0.6) is 0 Å². The van der Waals surface area contributed by atoms with Crippen LogP contribution >= 0.6 is 11.6 Å². The Hall–Kier alpha value is -0.280. The van der Waals surface area contributed by atoms with Gasteiger partial charge < -0.3 is 10.6 Å². The van der Waals surface area contributed by atoms with Crippen molar-refractivity contribution in [2.45, 2.75) is 63.8 Å². The normalized spacial score (nSPS) is 38.2. The van der Waals surface area contributed by atoms with Crippen molar-refractivity contribution in [1.82, 2.24) is 4.90 Å². The Labute approximate surface area is 133 Å². The monoisotopic (exact) mass is 312 g/mol. The van der Waals surface area contributed by atoms with E-state index in [-0.39, 0.29) is 17.3 Å². The maximum absolute atomic E-state index is 13.2. The zero-order chi connectivity index (χ0) is 15.2. The first-order valence-electron chi connectivity index (χ1n) is 8.60. The van der Waals surface area contributed by atoms with Gasteiger partial charge in [0.15, 0.2) is 0 Å². The van der Waals surface area contributed by atoms with Gasteiger partial charge in [-0.1, -0.05) is 13.8 Å². The van der Waals surface area contributed by atoms with E-state index in [1.54, 1.807) is 0 Å². The van der Waals surface area contributed by atoms with Gasteiger partial charge in [-0.2, -0.15) is 0 Å². The molecule has 3 fully saturated rings. The molecule has 1 saturated heterocycles. The van der Waals surface area contributed by atoms with E-state index >= 15 is 0 Å². The van der Waals surface area contributed by atoms with Gasteiger partial charge in [0.05, 0.1) is 0 Å². The molecule has 4 atom stereocenters. The van der Waals surface area contributed by atoms with Gasteiger partial charge in [0, 0.05) is 30.4 Å². The Morgan fingerprint density at radius 1 is 1.38 bits per heavy atom. The largest absolute Gasteiger partial charge is 0.338 e. The number of carbonyl (C=O) groups excluding carboxylic acids is 1. The molecule has 0 aromatic carbocycles. The zero-order valence-electron chi connectivity index (χ0n) is 13.4. The van der Waals surface area contributed by atoms with Crippen molar-refractivity contribution in [2.24, 2.45) is 28.9 Å². The first-order chi connectivity index (χ1) is 9.96. The molecule has 1 amide bonds. The summed E-state index contributed by atoms with van der Waals surface area (Å²) in [6.45, 7) is 6.04. The average molecular weight is 313 g/mol. The first-order valence-corrected chi connectivity index (χ1v) is 9.04. The van der Waals surface area contributed by atoms with Crippen LogP contribution in [-0.4, -0.2) is 35.3 Å². The fraction of sp³-hybridized carbons (Fsp3) is 0.941. The number of nitrogens with zero attached hydrogens (tertiary/aromatic N) is 1. The third kappa shape index (κ3) is 2.96. The lowest BCUT2D eigenvalue weighted by Crippen LogP contribution is -2.47. The third-order valence-electron chi connectivity index (χ3n) is 6.14. The standard InChI is InChI=1S/C17H29ClN2O/c1-11(2)14-4-3-12(18)7-15(14)16(21)20-10-17(5-6-17)8-13(20)9-19/h11-15H,3-10,19H2,1-2H3/t12?,13-,14?,15?/m0/s1. The van der Waals surface area contributed by atoms with E-state index in [9.17, 15) is 4.79 Å². The molecule has 120 valence electrons. The molecule has 0 aromatic rings. The van der Waals surface area contributed by atoms with Crippen LogP contribution in [-0.2, 0) is 4.79 Å². The molecule has 4 heteroatoms. The van der Waals surface area contributed by atoms with Gasteiger partial charge in [-0.15, -0.1) is 11.6 Å². The predicted molar refractivity (Wildman–Crippen MR) is 86.1 cm³/mol. The molecular weight excluding hydrogens is 284 g/mol. The summed E-state index contributed by atoms with van der Waals surface area (Å²) in [5.74, 6) is 1.50. The summed E-state index contributed by atoms with van der Waals surface area (Å²) in [4.78, 5) is 15.3. The number of likely N-dealkylation sites (tertiary alicyclic amines) is 1. The molecule has 3 rings (SSSR count). The number of amides is 1. The fourth-order valence-corrected chi connectivity index (χ4v) is 4.93. The molecular formula is C17H29ClN2O. The minimum absolute atomic E-state index is 0.115. The molecule has 2 aliphatic carbocycles. The highest BCUT2D eigenvalue weighted by Gasteiger charge is 2.54. The third-order valence-corrected chi connectivity index (χ3v) is 6.54. The van der Waals surface area contributed by atoms with Gasteiger partial charge in [0.2, 0.25) is 5.91 Å². The molecule has 1 aliphatic heterocycles. The number of rotatable bonds is 3. The van der Waals surface area contributed by atoms with Gasteiger partial charge in [0.1, 0.15) is 0 Å². The van der Waals surface area contributed by atoms with Crippen LogP contribution in [0.25, 0.3) is 0 Å². The van der Waals surface area contributed by atoms with Crippen LogP contribution in [0.15, 0.2) is 0 Å². The lowest BCUT2D eigenvalue weighted by molar-refractivity contribution is -0.140. The van der Waals surface area contributed by atoms with Crippen molar-refractivity contribution in [2.75, 3.05) is 13.1 Å². The number of hydrogen-bond acceptors (Lipinski definition) is 2. The molecule has 0 bridgehead atoms. The van der Waals surface area contributed by atoms with Crippen LogP contribution in [0.4, 0.5) is 0 Å². The number of carbonyl (C=O) groups is 1. The van der Waals surface area contributed by atoms with Crippen LogP contribution in [0.2, 0.25) is 0 Å². The second kappa shape index (κ2) is 5.73. The second-order valence-corrected chi connectivity index (χ2v) is 8.60. The minimum atomic E-state index is 0.115. The number of nitrogens with two attached hydrogens (primary N) is 1. The summed E-state index contributed by atoms with van der Waals surface area (Å²) < 4.78 is 0. The Kier molecular flexibility index (Phi) is 4.26. The Bertz CT molecular complexity index is 408. The summed E-state index contributed by atoms with van der Waals surface area (Å²) >= 11 is 6.38. The van der Waals surface area contributed by atoms with Crippen molar-refractivity contribution >= 4 is 17.5 Å². The maximum Gasteiger partial charge on any atom is 0.226 e. The summed E-state index contributed by atoms with van der Waals surface area (Å²) in [6.07, 6.45) is 6.68. The van der Waals surface area contributed by atoms with Crippen molar-refractivity contribution in [1.29, 1.82) is 0 Å². The van der Waals surface area contributed by atoms with E-state index in [1.807, 2.05) is 0 Å². The van der Waals surface area contributed by atoms with Crippen LogP contribution < -0.4 is 5.73 Å². The van der Waals surface area contributed by atoms with Gasteiger partial charge in [-0.3, -0.25) is 4.79 Å². The van der Waals surface area contributed by atoms with E-state index in [4.69, 9.17) is 17.3 Å². The first kappa shape index (κ1) is 15.6. The molecule has 3 aliphatic rings. The summed E-state index contributed by atoms with van der Waals surface area (Å²) in [5.41, 5.74) is 6.37. The molecule has 0 radical (unpaired) electrons. The Morgan fingerprint density at radius 3 is 2.67 bits per heavy atom. The molecule has 1 spiro atoms. The Balaban J connectivity index is 1.75. The highest BCUT2D eigenvalue weighted by molar-refractivity contribution is 6.20. The fourth-order valence-electron chi connectivity index (χ4n) is 4.61. The highest BCUT2D eigenvalue weighted by Crippen LogP contribution is 2.55. The molecule has 3 unspecified atom stereocenters. The molecule has 2 N–H and O–H groups in total. The van der Waals surface area contributed by atoms with Crippen molar-refractivity contribution in [3.8, 4) is 0 Å². The summed E-state index contributed by atoms with van der Waals surface area (Å²) in [6, 6.07) is 0.267. The van der Waals surface area contributed by atoms with E-state index < -0.39 is 0 Å². The van der Waals surface area contributed by atoms with Crippen molar-refractivity contribution in [3.63, 3.8) is 0 Å². The smallest absolute Gasteiger partial charge is 0.226 e. The van der Waals surface area contributed by atoms with E-state index in [1.165, 1.54) is 12.8 Å². The van der Waals surface area contributed by atoms with E-state index in [0.29, 0.717) is 29.7 Å². The number of hydrogen-bond donors (Lipinski definition) is 1. The minimum Gasteiger partial charge on any atom is -0.338 e. The quantitative estimate of drug-likeness (QED) is 0.814. The maximum atomic E-state index is 13.2.